The molecular weight excluding hydrogens is 364 g/mol. The molecule has 0 atom stereocenters. The van der Waals surface area contributed by atoms with Crippen molar-refractivity contribution >= 4 is 17.3 Å². The van der Waals surface area contributed by atoms with Gasteiger partial charge in [-0.3, -0.25) is 10.0 Å². The van der Waals surface area contributed by atoms with Crippen LogP contribution in [0.4, 0.5) is 20.2 Å². The van der Waals surface area contributed by atoms with Crippen molar-refractivity contribution in [2.75, 3.05) is 18.5 Å². The zero-order valence-corrected chi connectivity index (χ0v) is 16.0. The maximum atomic E-state index is 13.9. The number of rotatable bonds is 11. The highest BCUT2D eigenvalue weighted by molar-refractivity contribution is 5.74. The minimum atomic E-state index is -0.592. The highest BCUT2D eigenvalue weighted by Crippen LogP contribution is 2.28. The number of carbonyl (C=O) groups is 1. The molecule has 2 aromatic rings. The summed E-state index contributed by atoms with van der Waals surface area (Å²) in [4.78, 5) is 12.4. The first-order valence-electron chi connectivity index (χ1n) is 9.43. The summed E-state index contributed by atoms with van der Waals surface area (Å²) in [5, 5.41) is 11.8. The van der Waals surface area contributed by atoms with E-state index in [1.165, 1.54) is 23.1 Å². The predicted octanol–water partition coefficient (Wildman–Crippen LogP) is 4.28. The first kappa shape index (κ1) is 21.8. The number of anilines is 2. The van der Waals surface area contributed by atoms with Crippen LogP contribution >= 0.6 is 0 Å². The number of benzene rings is 2. The molecule has 1 amide bonds. The van der Waals surface area contributed by atoms with Crippen molar-refractivity contribution < 1.29 is 18.8 Å². The number of hydroxylamine groups is 1. The topological polar surface area (TPSA) is 64.6 Å². The maximum Gasteiger partial charge on any atom is 0.243 e. The van der Waals surface area contributed by atoms with E-state index in [-0.39, 0.29) is 11.6 Å². The van der Waals surface area contributed by atoms with Crippen LogP contribution in [0.1, 0.15) is 37.7 Å². The Balaban J connectivity index is 1.72. The van der Waals surface area contributed by atoms with Crippen LogP contribution in [0.15, 0.2) is 42.5 Å². The van der Waals surface area contributed by atoms with Crippen molar-refractivity contribution in [3.63, 3.8) is 0 Å². The second kappa shape index (κ2) is 11.4. The quantitative estimate of drug-likeness (QED) is 0.304. The first-order chi connectivity index (χ1) is 13.5. The molecule has 0 aromatic heterocycles. The molecule has 0 fully saturated rings. The number of hydrogen-bond acceptors (Lipinski definition) is 4. The lowest BCUT2D eigenvalue weighted by Gasteiger charge is -2.21. The third-order valence-electron chi connectivity index (χ3n) is 4.56. The number of hydrogen-bond donors (Lipinski definition) is 3. The normalized spacial score (nSPS) is 10.7. The Morgan fingerprint density at radius 3 is 2.29 bits per heavy atom. The molecule has 2 aromatic carbocycles. The second-order valence-electron chi connectivity index (χ2n) is 6.67. The number of nitrogens with zero attached hydrogens (tertiary/aromatic N) is 1. The van der Waals surface area contributed by atoms with Crippen molar-refractivity contribution in [1.29, 1.82) is 0 Å². The summed E-state index contributed by atoms with van der Waals surface area (Å²) >= 11 is 0. The van der Waals surface area contributed by atoms with E-state index in [1.54, 1.807) is 12.5 Å². The summed E-state index contributed by atoms with van der Waals surface area (Å²) in [6.45, 7) is 1.58. The number of amides is 1. The molecule has 7 heteroatoms. The Kier molecular flexibility index (Phi) is 8.84. The molecule has 0 bridgehead atoms. The lowest BCUT2D eigenvalue weighted by molar-refractivity contribution is -0.129. The number of nitrogens with one attached hydrogen (secondary N) is 2. The zero-order chi connectivity index (χ0) is 20.4. The summed E-state index contributed by atoms with van der Waals surface area (Å²) in [7, 11) is 1.64. The van der Waals surface area contributed by atoms with Gasteiger partial charge in [-0.15, -0.1) is 0 Å². The van der Waals surface area contributed by atoms with Crippen molar-refractivity contribution in [3.05, 3.63) is 59.7 Å². The third kappa shape index (κ3) is 6.58. The molecule has 0 radical (unpaired) electrons. The van der Waals surface area contributed by atoms with Crippen LogP contribution in [0.25, 0.3) is 0 Å². The minimum absolute atomic E-state index is 0.0650. The molecule has 28 heavy (non-hydrogen) atoms. The maximum absolute atomic E-state index is 13.9. The van der Waals surface area contributed by atoms with E-state index in [4.69, 9.17) is 5.21 Å². The largest absolute Gasteiger partial charge is 0.340 e. The van der Waals surface area contributed by atoms with E-state index >= 15 is 0 Å². The minimum Gasteiger partial charge on any atom is -0.340 e. The molecule has 0 unspecified atom stereocenters. The number of unbranched alkanes of at least 4 members (excludes halogenated alkanes) is 3. The molecule has 0 aliphatic rings. The fourth-order valence-electron chi connectivity index (χ4n) is 2.95. The van der Waals surface area contributed by atoms with E-state index in [1.807, 2.05) is 24.3 Å². The van der Waals surface area contributed by atoms with Crippen LogP contribution in [0.2, 0.25) is 0 Å². The number of carbonyl (C=O) groups excluding carboxylic acids is 1. The predicted molar refractivity (Wildman–Crippen MR) is 106 cm³/mol. The summed E-state index contributed by atoms with van der Waals surface area (Å²) in [5.74, 6) is -1.53. The van der Waals surface area contributed by atoms with Crippen LogP contribution in [0, 0.1) is 11.6 Å². The third-order valence-corrected chi connectivity index (χ3v) is 4.56. The average Bonchev–Trinajstić information content (AvgIpc) is 2.70. The van der Waals surface area contributed by atoms with E-state index in [0.29, 0.717) is 18.7 Å². The van der Waals surface area contributed by atoms with E-state index < -0.39 is 11.6 Å². The summed E-state index contributed by atoms with van der Waals surface area (Å²) in [6, 6.07) is 11.4. The van der Waals surface area contributed by atoms with Crippen LogP contribution in [0.3, 0.4) is 0 Å². The second-order valence-corrected chi connectivity index (χ2v) is 6.67. The zero-order valence-electron chi connectivity index (χ0n) is 16.0. The highest BCUT2D eigenvalue weighted by Gasteiger charge is 2.14. The molecular formula is C21H27F2N3O2. The number of halogens is 2. The molecule has 2 rings (SSSR count). The van der Waals surface area contributed by atoms with Gasteiger partial charge in [0, 0.05) is 25.7 Å². The molecule has 3 N–H and O–H groups in total. The Bertz CT molecular complexity index is 734. The van der Waals surface area contributed by atoms with Gasteiger partial charge in [0.25, 0.3) is 0 Å². The summed E-state index contributed by atoms with van der Waals surface area (Å²) in [5.41, 5.74) is 3.36. The monoisotopic (exact) mass is 391 g/mol. The van der Waals surface area contributed by atoms with Gasteiger partial charge in [0.15, 0.2) is 0 Å². The van der Waals surface area contributed by atoms with Crippen LogP contribution in [-0.2, 0) is 11.3 Å². The van der Waals surface area contributed by atoms with Crippen LogP contribution < -0.4 is 15.7 Å². The molecule has 0 spiro atoms. The van der Waals surface area contributed by atoms with Crippen LogP contribution in [-0.4, -0.2) is 24.7 Å². The van der Waals surface area contributed by atoms with E-state index in [0.717, 1.165) is 37.8 Å². The molecule has 0 aliphatic heterocycles. The van der Waals surface area contributed by atoms with Gasteiger partial charge in [0.05, 0.1) is 0 Å². The lowest BCUT2D eigenvalue weighted by Crippen LogP contribution is -2.18. The Morgan fingerprint density at radius 1 is 1.00 bits per heavy atom. The molecule has 0 saturated heterocycles. The molecule has 0 saturated carbocycles. The number of para-hydroxylation sites is 1. The first-order valence-corrected chi connectivity index (χ1v) is 9.43. The van der Waals surface area contributed by atoms with E-state index in [9.17, 15) is 13.6 Å². The van der Waals surface area contributed by atoms with Crippen molar-refractivity contribution in [3.8, 4) is 0 Å². The Morgan fingerprint density at radius 2 is 1.64 bits per heavy atom. The Hall–Kier alpha value is -2.51. The van der Waals surface area contributed by atoms with Gasteiger partial charge in [-0.1, -0.05) is 31.0 Å². The van der Waals surface area contributed by atoms with Gasteiger partial charge in [-0.2, -0.15) is 0 Å². The van der Waals surface area contributed by atoms with Crippen molar-refractivity contribution in [2.45, 2.75) is 38.6 Å². The molecule has 0 aliphatic carbocycles. The molecule has 152 valence electrons. The van der Waals surface area contributed by atoms with Crippen molar-refractivity contribution in [1.82, 2.24) is 10.8 Å². The fourth-order valence-corrected chi connectivity index (χ4v) is 2.95. The highest BCUT2D eigenvalue weighted by atomic mass is 19.1. The fraction of sp³-hybridized carbons (Fsp3) is 0.381. The standard InChI is InChI=1S/C21H27F2N3O2/c1-26(21-18(22)7-6-8-19(21)23)17-12-10-16(11-13-17)15-24-14-5-3-2-4-9-20(27)25-28/h6-8,10-13,24,28H,2-5,9,14-15H2,1H3,(H,25,27). The van der Waals surface area contributed by atoms with Gasteiger partial charge in [0.1, 0.15) is 17.3 Å². The molecule has 0 heterocycles. The van der Waals surface area contributed by atoms with Gasteiger partial charge >= 0.3 is 0 Å². The summed E-state index contributed by atoms with van der Waals surface area (Å²) in [6.07, 6.45) is 4.09. The van der Waals surface area contributed by atoms with Crippen LogP contribution in [0.5, 0.6) is 0 Å². The summed E-state index contributed by atoms with van der Waals surface area (Å²) < 4.78 is 27.8. The van der Waals surface area contributed by atoms with Gasteiger partial charge < -0.3 is 10.2 Å². The van der Waals surface area contributed by atoms with Gasteiger partial charge in [0.2, 0.25) is 5.91 Å². The molecule has 5 nitrogen and oxygen atoms in total. The average molecular weight is 391 g/mol. The van der Waals surface area contributed by atoms with Gasteiger partial charge in [-0.05, 0) is 49.2 Å². The van der Waals surface area contributed by atoms with Crippen molar-refractivity contribution in [2.24, 2.45) is 0 Å². The Labute approximate surface area is 164 Å². The smallest absolute Gasteiger partial charge is 0.243 e. The van der Waals surface area contributed by atoms with E-state index in [2.05, 4.69) is 5.32 Å². The lowest BCUT2D eigenvalue weighted by atomic mass is 10.1. The SMILES string of the molecule is CN(c1ccc(CNCCCCCCC(=O)NO)cc1)c1c(F)cccc1F. The van der Waals surface area contributed by atoms with Gasteiger partial charge in [-0.25, -0.2) is 14.3 Å².